The molecule has 9 nitrogen and oxygen atoms in total. The molecule has 158 valence electrons. The molecule has 1 saturated heterocycles. The number of hydrogen-bond donors (Lipinski definition) is 2. The Bertz CT molecular complexity index is 906. The van der Waals surface area contributed by atoms with Crippen LogP contribution in [0.5, 0.6) is 0 Å². The van der Waals surface area contributed by atoms with E-state index in [0.29, 0.717) is 25.5 Å². The molecule has 2 atom stereocenters. The minimum Gasteiger partial charge on any atom is -0.373 e. The molecule has 0 aliphatic carbocycles. The molecule has 2 N–H and O–H groups in total. The van der Waals surface area contributed by atoms with Gasteiger partial charge < -0.3 is 10.1 Å². The van der Waals surface area contributed by atoms with Crippen molar-refractivity contribution in [3.63, 3.8) is 0 Å². The van der Waals surface area contributed by atoms with Crippen LogP contribution in [0.25, 0.3) is 0 Å². The highest BCUT2D eigenvalue weighted by Gasteiger charge is 2.30. The predicted molar refractivity (Wildman–Crippen MR) is 110 cm³/mol. The molecule has 1 aromatic carbocycles. The van der Waals surface area contributed by atoms with Crippen molar-refractivity contribution in [1.29, 1.82) is 0 Å². The van der Waals surface area contributed by atoms with Gasteiger partial charge in [0, 0.05) is 31.9 Å². The molecule has 0 bridgehead atoms. The van der Waals surface area contributed by atoms with Gasteiger partial charge in [0.15, 0.2) is 5.82 Å². The Labute approximate surface area is 171 Å². The second kappa shape index (κ2) is 9.38. The van der Waals surface area contributed by atoms with E-state index in [1.807, 2.05) is 44.2 Å². The van der Waals surface area contributed by atoms with E-state index < -0.39 is 16.1 Å². The van der Waals surface area contributed by atoms with Crippen molar-refractivity contribution < 1.29 is 17.9 Å². The van der Waals surface area contributed by atoms with Crippen molar-refractivity contribution in [3.05, 3.63) is 48.2 Å². The summed E-state index contributed by atoms with van der Waals surface area (Å²) >= 11 is 0. The summed E-state index contributed by atoms with van der Waals surface area (Å²) < 4.78 is 33.7. The normalized spacial score (nSPS) is 20.3. The number of nitrogens with one attached hydrogen (secondary N) is 2. The highest BCUT2D eigenvalue weighted by molar-refractivity contribution is 7.89. The molecule has 3 rings (SSSR count). The lowest BCUT2D eigenvalue weighted by atomic mass is 10.2. The molecule has 0 unspecified atom stereocenters. The molecule has 1 aromatic heterocycles. The minimum absolute atomic E-state index is 0.0129. The van der Waals surface area contributed by atoms with Crippen LogP contribution in [0.3, 0.4) is 0 Å². The van der Waals surface area contributed by atoms with Gasteiger partial charge in [-0.3, -0.25) is 10.00 Å². The summed E-state index contributed by atoms with van der Waals surface area (Å²) in [5.74, 6) is 0.236. The number of nitrogens with zero attached hydrogens (tertiary/aromatic N) is 3. The van der Waals surface area contributed by atoms with Crippen LogP contribution in [-0.2, 0) is 21.3 Å². The van der Waals surface area contributed by atoms with Gasteiger partial charge in [0.1, 0.15) is 0 Å². The summed E-state index contributed by atoms with van der Waals surface area (Å²) in [4.78, 5) is 12.0. The van der Waals surface area contributed by atoms with Crippen LogP contribution in [0.1, 0.15) is 19.4 Å². The zero-order chi connectivity index (χ0) is 20.9. The average molecular weight is 422 g/mol. The molecule has 29 heavy (non-hydrogen) atoms. The number of sulfonamides is 1. The molecule has 10 heteroatoms. The number of carbonyl (C=O) groups excluding carboxylic acids is 1. The van der Waals surface area contributed by atoms with Crippen LogP contribution in [0.15, 0.2) is 42.6 Å². The lowest BCUT2D eigenvalue weighted by Gasteiger charge is -2.34. The third-order valence-electron chi connectivity index (χ3n) is 4.49. The Morgan fingerprint density at radius 3 is 2.55 bits per heavy atom. The van der Waals surface area contributed by atoms with E-state index in [1.165, 1.54) is 4.31 Å². The van der Waals surface area contributed by atoms with E-state index in [4.69, 9.17) is 4.74 Å². The summed E-state index contributed by atoms with van der Waals surface area (Å²) in [6.07, 6.45) is 1.49. The largest absolute Gasteiger partial charge is 0.373 e. The number of anilines is 1. The number of carbonyl (C=O) groups is 1. The topological polar surface area (TPSA) is 106 Å². The van der Waals surface area contributed by atoms with E-state index in [0.717, 1.165) is 5.56 Å². The van der Waals surface area contributed by atoms with Gasteiger partial charge in [-0.25, -0.2) is 13.2 Å². The first kappa shape index (κ1) is 21.3. The molecule has 2 amide bonds. The van der Waals surface area contributed by atoms with E-state index in [-0.39, 0.29) is 24.5 Å². The Kier molecular flexibility index (Phi) is 6.88. The first-order valence-corrected chi connectivity index (χ1v) is 11.2. The number of aromatic nitrogens is 2. The average Bonchev–Trinajstić information content (AvgIpc) is 3.08. The van der Waals surface area contributed by atoms with E-state index in [1.54, 1.807) is 16.9 Å². The van der Waals surface area contributed by atoms with Crippen molar-refractivity contribution in [1.82, 2.24) is 19.4 Å². The Morgan fingerprint density at radius 1 is 1.17 bits per heavy atom. The predicted octanol–water partition coefficient (Wildman–Crippen LogP) is 1.49. The Hall–Kier alpha value is -2.43. The van der Waals surface area contributed by atoms with E-state index >= 15 is 0 Å². The molecule has 0 radical (unpaired) electrons. The van der Waals surface area contributed by atoms with Crippen LogP contribution in [0, 0.1) is 0 Å². The highest BCUT2D eigenvalue weighted by Crippen LogP contribution is 2.14. The smallest absolute Gasteiger partial charge is 0.320 e. The number of urea groups is 1. The van der Waals surface area contributed by atoms with Crippen molar-refractivity contribution in [2.75, 3.05) is 30.7 Å². The quantitative estimate of drug-likeness (QED) is 0.705. The van der Waals surface area contributed by atoms with E-state index in [9.17, 15) is 13.2 Å². The fourth-order valence-electron chi connectivity index (χ4n) is 3.23. The zero-order valence-electron chi connectivity index (χ0n) is 16.6. The summed E-state index contributed by atoms with van der Waals surface area (Å²) in [5.41, 5.74) is 1.10. The first-order chi connectivity index (χ1) is 13.8. The summed E-state index contributed by atoms with van der Waals surface area (Å²) in [6, 6.07) is 11.1. The second-order valence-corrected chi connectivity index (χ2v) is 9.24. The van der Waals surface area contributed by atoms with Crippen molar-refractivity contribution in [2.24, 2.45) is 0 Å². The number of ether oxygens (including phenoxy) is 1. The van der Waals surface area contributed by atoms with Gasteiger partial charge in [0.2, 0.25) is 10.0 Å². The van der Waals surface area contributed by atoms with Crippen LogP contribution >= 0.6 is 0 Å². The van der Waals surface area contributed by atoms with Crippen molar-refractivity contribution in [3.8, 4) is 0 Å². The monoisotopic (exact) mass is 421 g/mol. The highest BCUT2D eigenvalue weighted by atomic mass is 32.2. The van der Waals surface area contributed by atoms with E-state index in [2.05, 4.69) is 15.7 Å². The van der Waals surface area contributed by atoms with Gasteiger partial charge >= 0.3 is 6.03 Å². The third-order valence-corrected chi connectivity index (χ3v) is 6.30. The lowest BCUT2D eigenvalue weighted by Crippen LogP contribution is -2.49. The fourth-order valence-corrected chi connectivity index (χ4v) is 4.72. The Morgan fingerprint density at radius 2 is 1.86 bits per heavy atom. The molecule has 1 aliphatic rings. The van der Waals surface area contributed by atoms with Crippen LogP contribution < -0.4 is 10.6 Å². The maximum absolute atomic E-state index is 12.5. The Balaban J connectivity index is 1.44. The fraction of sp³-hybridized carbons (Fsp3) is 0.474. The SMILES string of the molecule is C[C@@H]1CN(S(=O)(=O)CCNC(=O)Nc2ccn(Cc3ccccc3)n2)C[C@H](C)O1. The number of rotatable bonds is 7. The van der Waals surface area contributed by atoms with Crippen LogP contribution in [0.2, 0.25) is 0 Å². The number of hydrogen-bond acceptors (Lipinski definition) is 5. The second-order valence-electron chi connectivity index (χ2n) is 7.16. The lowest BCUT2D eigenvalue weighted by molar-refractivity contribution is -0.0440. The van der Waals surface area contributed by atoms with Crippen LogP contribution in [0.4, 0.5) is 10.6 Å². The van der Waals surface area contributed by atoms with Gasteiger partial charge in [-0.2, -0.15) is 9.40 Å². The number of benzene rings is 1. The van der Waals surface area contributed by atoms with Gasteiger partial charge in [-0.1, -0.05) is 30.3 Å². The van der Waals surface area contributed by atoms with Crippen molar-refractivity contribution >= 4 is 21.9 Å². The molecular weight excluding hydrogens is 394 g/mol. The van der Waals surface area contributed by atoms with Gasteiger partial charge in [0.05, 0.1) is 24.5 Å². The van der Waals surface area contributed by atoms with Gasteiger partial charge in [-0.15, -0.1) is 0 Å². The molecule has 1 fully saturated rings. The molecule has 1 aliphatic heterocycles. The standard InChI is InChI=1S/C19H27N5O4S/c1-15-12-24(13-16(2)28-15)29(26,27)11-9-20-19(25)21-18-8-10-23(22-18)14-17-6-4-3-5-7-17/h3-8,10,15-16H,9,11-14H2,1-2H3,(H2,20,21,22,25)/t15-,16+. The maximum atomic E-state index is 12.5. The molecule has 2 aromatic rings. The third kappa shape index (κ3) is 6.28. The zero-order valence-corrected chi connectivity index (χ0v) is 17.4. The maximum Gasteiger partial charge on any atom is 0.320 e. The van der Waals surface area contributed by atoms with Crippen molar-refractivity contribution in [2.45, 2.75) is 32.6 Å². The molecular formula is C19H27N5O4S. The molecule has 2 heterocycles. The van der Waals surface area contributed by atoms with Gasteiger partial charge in [0.25, 0.3) is 0 Å². The summed E-state index contributed by atoms with van der Waals surface area (Å²) in [5, 5.41) is 9.49. The first-order valence-electron chi connectivity index (χ1n) is 9.57. The summed E-state index contributed by atoms with van der Waals surface area (Å²) in [7, 11) is -3.46. The molecule has 0 spiro atoms. The van der Waals surface area contributed by atoms with Gasteiger partial charge in [-0.05, 0) is 19.4 Å². The number of amides is 2. The number of morpholine rings is 1. The van der Waals surface area contributed by atoms with Crippen LogP contribution in [-0.4, -0.2) is 66.1 Å². The minimum atomic E-state index is -3.46. The summed E-state index contributed by atoms with van der Waals surface area (Å²) in [6.45, 7) is 4.97. The molecule has 0 saturated carbocycles.